The maximum absolute atomic E-state index is 12.9. The van der Waals surface area contributed by atoms with Crippen molar-refractivity contribution in [1.82, 2.24) is 10.2 Å². The van der Waals surface area contributed by atoms with Crippen LogP contribution in [0.1, 0.15) is 38.7 Å². The second kappa shape index (κ2) is 7.37. The lowest BCUT2D eigenvalue weighted by Gasteiger charge is -2.29. The first-order valence-corrected chi connectivity index (χ1v) is 11.8. The summed E-state index contributed by atoms with van der Waals surface area (Å²) in [4.78, 5) is 14.8. The number of nitrogens with zero attached hydrogens (tertiary/aromatic N) is 1. The molecule has 2 heterocycles. The number of sulfone groups is 1. The van der Waals surface area contributed by atoms with Crippen molar-refractivity contribution in [3.63, 3.8) is 0 Å². The zero-order valence-corrected chi connectivity index (χ0v) is 16.7. The molecule has 2 fully saturated rings. The predicted molar refractivity (Wildman–Crippen MR) is 101 cm³/mol. The topological polar surface area (TPSA) is 66.5 Å². The van der Waals surface area contributed by atoms with Crippen LogP contribution in [0.4, 0.5) is 0 Å². The fraction of sp³-hybridized carbons (Fsp3) is 0.722. The second-order valence-corrected chi connectivity index (χ2v) is 10.8. The van der Waals surface area contributed by atoms with Gasteiger partial charge in [0.2, 0.25) is 5.91 Å². The average Bonchev–Trinajstić information content (AvgIpc) is 2.95. The summed E-state index contributed by atoms with van der Waals surface area (Å²) in [6, 6.07) is 2.21. The van der Waals surface area contributed by atoms with E-state index >= 15 is 0 Å². The van der Waals surface area contributed by atoms with Crippen molar-refractivity contribution in [2.24, 2.45) is 11.3 Å². The van der Waals surface area contributed by atoms with E-state index < -0.39 is 9.84 Å². The summed E-state index contributed by atoms with van der Waals surface area (Å²) in [5.41, 5.74) is 1.30. The van der Waals surface area contributed by atoms with Crippen LogP contribution in [0.15, 0.2) is 16.8 Å². The molecule has 1 aliphatic heterocycles. The van der Waals surface area contributed by atoms with Gasteiger partial charge in [0.25, 0.3) is 0 Å². The summed E-state index contributed by atoms with van der Waals surface area (Å²) >= 11 is 1.61. The van der Waals surface area contributed by atoms with E-state index in [-0.39, 0.29) is 34.8 Å². The van der Waals surface area contributed by atoms with E-state index in [2.05, 4.69) is 5.32 Å². The van der Waals surface area contributed by atoms with E-state index in [4.69, 9.17) is 0 Å². The maximum atomic E-state index is 12.9. The first kappa shape index (κ1) is 18.9. The Morgan fingerprint density at radius 1 is 1.40 bits per heavy atom. The lowest BCUT2D eigenvalue weighted by Crippen LogP contribution is -2.41. The quantitative estimate of drug-likeness (QED) is 0.783. The molecule has 5 nitrogen and oxygen atoms in total. The number of nitrogens with one attached hydrogen (secondary N) is 1. The lowest BCUT2D eigenvalue weighted by molar-refractivity contribution is -0.130. The van der Waals surface area contributed by atoms with Crippen LogP contribution in [0.3, 0.4) is 0 Å². The Labute approximate surface area is 154 Å². The molecule has 1 aromatic rings. The van der Waals surface area contributed by atoms with Gasteiger partial charge in [-0.05, 0) is 66.1 Å². The molecular weight excluding hydrogens is 356 g/mol. The number of hydrogen-bond acceptors (Lipinski definition) is 5. The van der Waals surface area contributed by atoms with Gasteiger partial charge >= 0.3 is 0 Å². The highest BCUT2D eigenvalue weighted by molar-refractivity contribution is 7.92. The third-order valence-electron chi connectivity index (χ3n) is 5.31. The lowest BCUT2D eigenvalue weighted by atomic mass is 9.93. The van der Waals surface area contributed by atoms with E-state index in [1.165, 1.54) is 0 Å². The van der Waals surface area contributed by atoms with Gasteiger partial charge in [-0.25, -0.2) is 8.42 Å². The van der Waals surface area contributed by atoms with Gasteiger partial charge in [0.05, 0.1) is 5.75 Å². The average molecular weight is 385 g/mol. The number of rotatable bonds is 7. The number of carbonyl (C=O) groups excluding carboxylic acids is 1. The SMILES string of the molecule is CC(C)CS(=O)(=O)CC(=O)N(Cc1ccsc1)C1CC12CCNCC2. The Morgan fingerprint density at radius 3 is 2.72 bits per heavy atom. The van der Waals surface area contributed by atoms with Gasteiger partial charge in [0.1, 0.15) is 5.75 Å². The fourth-order valence-corrected chi connectivity index (χ4v) is 6.35. The number of carbonyl (C=O) groups is 1. The smallest absolute Gasteiger partial charge is 0.238 e. The van der Waals surface area contributed by atoms with Crippen molar-refractivity contribution in [1.29, 1.82) is 0 Å². The van der Waals surface area contributed by atoms with Gasteiger partial charge in [-0.1, -0.05) is 13.8 Å². The molecule has 3 rings (SSSR count). The van der Waals surface area contributed by atoms with Crippen molar-refractivity contribution in [2.45, 2.75) is 45.7 Å². The Kier molecular flexibility index (Phi) is 5.56. The van der Waals surface area contributed by atoms with Crippen LogP contribution in [0.5, 0.6) is 0 Å². The molecule has 1 unspecified atom stereocenters. The highest BCUT2D eigenvalue weighted by Gasteiger charge is 2.57. The zero-order chi connectivity index (χ0) is 18.1. The van der Waals surface area contributed by atoms with Gasteiger partial charge in [-0.15, -0.1) is 0 Å². The van der Waals surface area contributed by atoms with Crippen molar-refractivity contribution < 1.29 is 13.2 Å². The normalized spacial score (nSPS) is 22.3. The maximum Gasteiger partial charge on any atom is 0.238 e. The third kappa shape index (κ3) is 4.63. The van der Waals surface area contributed by atoms with Gasteiger partial charge < -0.3 is 10.2 Å². The number of piperidine rings is 1. The largest absolute Gasteiger partial charge is 0.334 e. The number of amides is 1. The van der Waals surface area contributed by atoms with Crippen LogP contribution >= 0.6 is 11.3 Å². The van der Waals surface area contributed by atoms with Gasteiger partial charge in [-0.3, -0.25) is 4.79 Å². The molecular formula is C18H28N2O3S2. The van der Waals surface area contributed by atoms with E-state index in [0.717, 1.165) is 37.9 Å². The fourth-order valence-electron chi connectivity index (χ4n) is 4.02. The Bertz CT molecular complexity index is 692. The van der Waals surface area contributed by atoms with Crippen LogP contribution in [0.2, 0.25) is 0 Å². The molecule has 1 spiro atoms. The summed E-state index contributed by atoms with van der Waals surface area (Å²) in [6.45, 7) is 6.25. The van der Waals surface area contributed by atoms with Crippen LogP contribution in [0.25, 0.3) is 0 Å². The zero-order valence-electron chi connectivity index (χ0n) is 15.0. The van der Waals surface area contributed by atoms with Gasteiger partial charge in [0, 0.05) is 12.6 Å². The van der Waals surface area contributed by atoms with E-state index in [1.807, 2.05) is 35.6 Å². The third-order valence-corrected chi connectivity index (χ3v) is 7.90. The van der Waals surface area contributed by atoms with Crippen LogP contribution in [-0.4, -0.2) is 49.9 Å². The molecule has 7 heteroatoms. The predicted octanol–water partition coefficient (Wildman–Crippen LogP) is 2.29. The molecule has 1 saturated heterocycles. The summed E-state index contributed by atoms with van der Waals surface area (Å²) < 4.78 is 24.6. The van der Waals surface area contributed by atoms with Crippen molar-refractivity contribution >= 4 is 27.1 Å². The molecule has 140 valence electrons. The molecule has 0 aromatic carbocycles. The molecule has 25 heavy (non-hydrogen) atoms. The minimum Gasteiger partial charge on any atom is -0.334 e. The van der Waals surface area contributed by atoms with E-state index in [1.54, 1.807) is 11.3 Å². The number of hydrogen-bond donors (Lipinski definition) is 1. The van der Waals surface area contributed by atoms with E-state index in [9.17, 15) is 13.2 Å². The number of thiophene rings is 1. The van der Waals surface area contributed by atoms with Crippen molar-refractivity contribution in [3.05, 3.63) is 22.4 Å². The summed E-state index contributed by atoms with van der Waals surface area (Å²) in [6.07, 6.45) is 3.16. The highest BCUT2D eigenvalue weighted by atomic mass is 32.2. The first-order valence-electron chi connectivity index (χ1n) is 9.03. The summed E-state index contributed by atoms with van der Waals surface area (Å²) in [7, 11) is -3.35. The Balaban J connectivity index is 1.73. The standard InChI is InChI=1S/C18H28N2O3S2/c1-14(2)12-25(22,23)13-17(21)20(10-15-3-8-24-11-15)16-9-18(16)4-6-19-7-5-18/h3,8,11,14,16,19H,4-7,9-10,12-13H2,1-2H3. The second-order valence-electron chi connectivity index (χ2n) is 7.93. The molecule has 0 bridgehead atoms. The first-order chi connectivity index (χ1) is 11.8. The van der Waals surface area contributed by atoms with Gasteiger partial charge in [-0.2, -0.15) is 11.3 Å². The molecule has 2 aliphatic rings. The molecule has 0 radical (unpaired) electrons. The monoisotopic (exact) mass is 384 g/mol. The molecule has 1 N–H and O–H groups in total. The van der Waals surface area contributed by atoms with Crippen LogP contribution in [-0.2, 0) is 21.2 Å². The Morgan fingerprint density at radius 2 is 2.12 bits per heavy atom. The minimum atomic E-state index is -3.35. The summed E-state index contributed by atoms with van der Waals surface area (Å²) in [5, 5.41) is 7.42. The van der Waals surface area contributed by atoms with Crippen LogP contribution < -0.4 is 5.32 Å². The van der Waals surface area contributed by atoms with Crippen LogP contribution in [0, 0.1) is 11.3 Å². The highest BCUT2D eigenvalue weighted by Crippen LogP contribution is 2.56. The van der Waals surface area contributed by atoms with Crippen molar-refractivity contribution in [2.75, 3.05) is 24.6 Å². The van der Waals surface area contributed by atoms with Gasteiger partial charge in [0.15, 0.2) is 9.84 Å². The molecule has 1 amide bonds. The van der Waals surface area contributed by atoms with Crippen molar-refractivity contribution in [3.8, 4) is 0 Å². The molecule has 1 atom stereocenters. The molecule has 1 aromatic heterocycles. The molecule has 1 saturated carbocycles. The molecule has 1 aliphatic carbocycles. The van der Waals surface area contributed by atoms with E-state index in [0.29, 0.717) is 6.54 Å². The summed E-state index contributed by atoms with van der Waals surface area (Å²) in [5.74, 6) is -0.475. The Hall–Kier alpha value is -0.920. The minimum absolute atomic E-state index is 0.0415.